The van der Waals surface area contributed by atoms with Crippen LogP contribution in [0.5, 0.6) is 11.5 Å². The fourth-order valence-corrected chi connectivity index (χ4v) is 5.14. The summed E-state index contributed by atoms with van der Waals surface area (Å²) in [5.41, 5.74) is 4.69. The molecule has 0 unspecified atom stereocenters. The van der Waals surface area contributed by atoms with Gasteiger partial charge in [0.05, 0.1) is 11.4 Å². The second-order valence-electron chi connectivity index (χ2n) is 8.12. The normalized spacial score (nSPS) is 25.0. The van der Waals surface area contributed by atoms with Gasteiger partial charge in [0.2, 0.25) is 0 Å². The largest absolute Gasteiger partial charge is 0.453 e. The monoisotopic (exact) mass is 369 g/mol. The van der Waals surface area contributed by atoms with Crippen molar-refractivity contribution >= 4 is 11.4 Å². The van der Waals surface area contributed by atoms with E-state index >= 15 is 0 Å². The average Bonchev–Trinajstić information content (AvgIpc) is 3.09. The minimum atomic E-state index is 0.509. The molecule has 3 aliphatic heterocycles. The summed E-state index contributed by atoms with van der Waals surface area (Å²) in [6, 6.07) is 20.9. The number of anilines is 2. The van der Waals surface area contributed by atoms with E-state index < -0.39 is 0 Å². The second kappa shape index (κ2) is 6.35. The molecule has 2 saturated heterocycles. The molecule has 3 aromatic rings. The molecule has 0 amide bonds. The van der Waals surface area contributed by atoms with Crippen LogP contribution in [0.1, 0.15) is 25.7 Å². The van der Waals surface area contributed by atoms with Crippen molar-refractivity contribution in [1.29, 1.82) is 0 Å². The summed E-state index contributed by atoms with van der Waals surface area (Å²) in [6.07, 6.45) is 8.67. The van der Waals surface area contributed by atoms with Crippen molar-refractivity contribution in [2.45, 2.75) is 43.8 Å². The molecule has 3 atom stereocenters. The van der Waals surface area contributed by atoms with Crippen molar-refractivity contribution in [1.82, 2.24) is 10.3 Å². The first-order valence-electron chi connectivity index (χ1n) is 10.2. The third-order valence-electron chi connectivity index (χ3n) is 6.39. The summed E-state index contributed by atoms with van der Waals surface area (Å²) in [5, 5.41) is 3.77. The zero-order chi connectivity index (χ0) is 18.5. The number of nitrogens with one attached hydrogen (secondary N) is 1. The molecule has 28 heavy (non-hydrogen) atoms. The van der Waals surface area contributed by atoms with E-state index in [1.54, 1.807) is 0 Å². The zero-order valence-corrected chi connectivity index (χ0v) is 15.7. The topological polar surface area (TPSA) is 37.4 Å². The van der Waals surface area contributed by atoms with Crippen LogP contribution in [-0.2, 0) is 0 Å². The van der Waals surface area contributed by atoms with Crippen molar-refractivity contribution in [2.24, 2.45) is 0 Å². The standard InChI is InChI=1S/C24H23N3O/c1-2-4-23-21(3-1)27(20-14-18-6-7-19(15-20)26-18)22-8-5-17(13-24(22)28-23)16-9-11-25-12-10-16/h1-5,8-13,18-20,26H,6-7,14-15H2/t18-,19+,20+. The molecule has 0 aliphatic carbocycles. The summed E-state index contributed by atoms with van der Waals surface area (Å²) >= 11 is 0. The molecule has 0 saturated carbocycles. The van der Waals surface area contributed by atoms with Crippen molar-refractivity contribution in [3.8, 4) is 22.6 Å². The zero-order valence-electron chi connectivity index (χ0n) is 15.7. The third kappa shape index (κ3) is 2.60. The molecule has 2 aromatic carbocycles. The molecular formula is C24H23N3O. The molecule has 3 aliphatic rings. The summed E-state index contributed by atoms with van der Waals surface area (Å²) in [4.78, 5) is 6.67. The van der Waals surface area contributed by atoms with Gasteiger partial charge >= 0.3 is 0 Å². The number of fused-ring (bicyclic) bond motifs is 4. The van der Waals surface area contributed by atoms with E-state index in [1.165, 1.54) is 37.1 Å². The second-order valence-corrected chi connectivity index (χ2v) is 8.12. The predicted molar refractivity (Wildman–Crippen MR) is 111 cm³/mol. The Bertz CT molecular complexity index is 1010. The maximum atomic E-state index is 6.36. The van der Waals surface area contributed by atoms with Crippen LogP contribution in [0.15, 0.2) is 67.0 Å². The lowest BCUT2D eigenvalue weighted by Crippen LogP contribution is -2.47. The molecule has 2 bridgehead atoms. The van der Waals surface area contributed by atoms with Crippen molar-refractivity contribution in [2.75, 3.05) is 4.90 Å². The van der Waals surface area contributed by atoms with E-state index in [9.17, 15) is 0 Å². The highest BCUT2D eigenvalue weighted by Gasteiger charge is 2.39. The number of rotatable bonds is 2. The Morgan fingerprint density at radius 3 is 2.39 bits per heavy atom. The van der Waals surface area contributed by atoms with E-state index in [4.69, 9.17) is 4.74 Å². The molecular weight excluding hydrogens is 346 g/mol. The van der Waals surface area contributed by atoms with E-state index in [0.717, 1.165) is 22.6 Å². The van der Waals surface area contributed by atoms with Crippen molar-refractivity contribution in [3.05, 3.63) is 67.0 Å². The van der Waals surface area contributed by atoms with Gasteiger partial charge in [-0.25, -0.2) is 0 Å². The van der Waals surface area contributed by atoms with Gasteiger partial charge in [0.25, 0.3) is 0 Å². The average molecular weight is 369 g/mol. The smallest absolute Gasteiger partial charge is 0.151 e. The van der Waals surface area contributed by atoms with Gasteiger partial charge in [-0.1, -0.05) is 18.2 Å². The number of ether oxygens (including phenoxy) is 1. The van der Waals surface area contributed by atoms with Gasteiger partial charge in [0.15, 0.2) is 11.5 Å². The Balaban J connectivity index is 1.45. The van der Waals surface area contributed by atoms with Gasteiger partial charge in [-0.2, -0.15) is 0 Å². The van der Waals surface area contributed by atoms with Gasteiger partial charge in [-0.3, -0.25) is 4.98 Å². The maximum absolute atomic E-state index is 6.36. The summed E-state index contributed by atoms with van der Waals surface area (Å²) < 4.78 is 6.36. The first-order valence-corrected chi connectivity index (χ1v) is 10.2. The van der Waals surface area contributed by atoms with Crippen LogP contribution < -0.4 is 15.0 Å². The molecule has 4 heteroatoms. The molecule has 6 rings (SSSR count). The molecule has 0 radical (unpaired) electrons. The van der Waals surface area contributed by atoms with E-state index in [0.29, 0.717) is 18.1 Å². The molecule has 1 aromatic heterocycles. The fourth-order valence-electron chi connectivity index (χ4n) is 5.14. The molecule has 4 nitrogen and oxygen atoms in total. The lowest BCUT2D eigenvalue weighted by atomic mass is 9.95. The number of hydrogen-bond acceptors (Lipinski definition) is 4. The number of piperidine rings is 1. The summed E-state index contributed by atoms with van der Waals surface area (Å²) in [6.45, 7) is 0. The number of aromatic nitrogens is 1. The maximum Gasteiger partial charge on any atom is 0.151 e. The Labute approximate surface area is 165 Å². The van der Waals surface area contributed by atoms with Crippen LogP contribution >= 0.6 is 0 Å². The van der Waals surface area contributed by atoms with Gasteiger partial charge in [-0.05, 0) is 73.2 Å². The SMILES string of the molecule is c1ccc2c(c1)Oc1cc(-c3ccncc3)ccc1N2[C@H]1C[C@H]2CC[C@@H](C1)N2. The number of hydrogen-bond donors (Lipinski definition) is 1. The number of benzene rings is 2. The lowest BCUT2D eigenvalue weighted by Gasteiger charge is -2.42. The highest BCUT2D eigenvalue weighted by Crippen LogP contribution is 2.50. The number of para-hydroxylation sites is 2. The molecule has 1 N–H and O–H groups in total. The Kier molecular flexibility index (Phi) is 3.66. The van der Waals surface area contributed by atoms with Crippen LogP contribution in [0.2, 0.25) is 0 Å². The van der Waals surface area contributed by atoms with Gasteiger partial charge < -0.3 is 15.0 Å². The van der Waals surface area contributed by atoms with E-state index in [-0.39, 0.29) is 0 Å². The van der Waals surface area contributed by atoms with Crippen LogP contribution in [0.4, 0.5) is 11.4 Å². The van der Waals surface area contributed by atoms with Gasteiger partial charge in [0, 0.05) is 30.5 Å². The highest BCUT2D eigenvalue weighted by molar-refractivity contribution is 5.81. The fraction of sp³-hybridized carbons (Fsp3) is 0.292. The van der Waals surface area contributed by atoms with Gasteiger partial charge in [-0.15, -0.1) is 0 Å². The first-order chi connectivity index (χ1) is 13.8. The van der Waals surface area contributed by atoms with Crippen molar-refractivity contribution < 1.29 is 4.74 Å². The number of pyridine rings is 1. The molecule has 140 valence electrons. The predicted octanol–water partition coefficient (Wildman–Crippen LogP) is 5.28. The highest BCUT2D eigenvalue weighted by atomic mass is 16.5. The first kappa shape index (κ1) is 16.1. The Morgan fingerprint density at radius 2 is 1.57 bits per heavy atom. The van der Waals surface area contributed by atoms with Gasteiger partial charge in [0.1, 0.15) is 0 Å². The third-order valence-corrected chi connectivity index (χ3v) is 6.39. The minimum Gasteiger partial charge on any atom is -0.453 e. The quantitative estimate of drug-likeness (QED) is 0.667. The van der Waals surface area contributed by atoms with Crippen LogP contribution in [-0.4, -0.2) is 23.1 Å². The molecule has 4 heterocycles. The molecule has 0 spiro atoms. The van der Waals surface area contributed by atoms with E-state index in [2.05, 4.69) is 57.7 Å². The summed E-state index contributed by atoms with van der Waals surface area (Å²) in [5.74, 6) is 1.90. The lowest BCUT2D eigenvalue weighted by molar-refractivity contribution is 0.353. The molecule has 2 fully saturated rings. The van der Waals surface area contributed by atoms with Crippen molar-refractivity contribution in [3.63, 3.8) is 0 Å². The van der Waals surface area contributed by atoms with E-state index in [1.807, 2.05) is 24.5 Å². The minimum absolute atomic E-state index is 0.509. The summed E-state index contributed by atoms with van der Waals surface area (Å²) in [7, 11) is 0. The Morgan fingerprint density at radius 1 is 0.821 bits per heavy atom. The van der Waals surface area contributed by atoms with Crippen LogP contribution in [0, 0.1) is 0 Å². The van der Waals surface area contributed by atoms with Crippen LogP contribution in [0.25, 0.3) is 11.1 Å². The Hall–Kier alpha value is -2.85. The number of nitrogens with zero attached hydrogens (tertiary/aromatic N) is 2. The van der Waals surface area contributed by atoms with Crippen LogP contribution in [0.3, 0.4) is 0 Å².